The smallest absolute Gasteiger partial charge is 0.0368 e. The number of nitrogen functional groups attached to an aromatic ring is 1. The molecule has 0 spiro atoms. The zero-order valence-electron chi connectivity index (χ0n) is 10.9. The third-order valence-electron chi connectivity index (χ3n) is 3.79. The van der Waals surface area contributed by atoms with E-state index < -0.39 is 0 Å². The highest BCUT2D eigenvalue weighted by Gasteiger charge is 2.19. The maximum absolute atomic E-state index is 5.71. The van der Waals surface area contributed by atoms with Crippen molar-refractivity contribution in [1.82, 2.24) is 4.90 Å². The molecule has 0 aliphatic carbocycles. The normalized spacial score (nSPS) is 19.3. The summed E-state index contributed by atoms with van der Waals surface area (Å²) in [5.41, 5.74) is 7.84. The van der Waals surface area contributed by atoms with Crippen LogP contribution in [0, 0.1) is 0 Å². The first-order valence-corrected chi connectivity index (χ1v) is 6.55. The Balaban J connectivity index is 1.93. The molecule has 1 unspecified atom stereocenters. The molecule has 1 aromatic carbocycles. The molecule has 0 aromatic heterocycles. The van der Waals surface area contributed by atoms with Crippen LogP contribution in [0.2, 0.25) is 0 Å². The number of benzene rings is 1. The van der Waals surface area contributed by atoms with E-state index in [0.29, 0.717) is 6.04 Å². The molecule has 1 aliphatic heterocycles. The van der Waals surface area contributed by atoms with Crippen LogP contribution in [0.15, 0.2) is 24.3 Å². The molecule has 0 radical (unpaired) electrons. The molecule has 1 atom stereocenters. The second-order valence-electron chi connectivity index (χ2n) is 4.87. The number of hydrogen-bond acceptors (Lipinski definition) is 3. The van der Waals surface area contributed by atoms with Gasteiger partial charge in [0.1, 0.15) is 0 Å². The molecule has 17 heavy (non-hydrogen) atoms. The van der Waals surface area contributed by atoms with Gasteiger partial charge in [-0.1, -0.05) is 6.92 Å². The highest BCUT2D eigenvalue weighted by atomic mass is 15.3. The van der Waals surface area contributed by atoms with E-state index in [1.807, 2.05) is 12.1 Å². The molecule has 1 aromatic rings. The van der Waals surface area contributed by atoms with Crippen molar-refractivity contribution in [1.29, 1.82) is 0 Å². The van der Waals surface area contributed by atoms with Gasteiger partial charge in [-0.3, -0.25) is 4.90 Å². The van der Waals surface area contributed by atoms with Crippen LogP contribution in [0.3, 0.4) is 0 Å². The number of nitrogens with zero attached hydrogens (tertiary/aromatic N) is 2. The van der Waals surface area contributed by atoms with Crippen LogP contribution >= 0.6 is 0 Å². The summed E-state index contributed by atoms with van der Waals surface area (Å²) in [6.45, 7) is 9.15. The Kier molecular flexibility index (Phi) is 3.89. The number of rotatable bonds is 3. The van der Waals surface area contributed by atoms with Crippen LogP contribution in [0.1, 0.15) is 20.3 Å². The number of hydrogen-bond donors (Lipinski definition) is 1. The second-order valence-corrected chi connectivity index (χ2v) is 4.87. The van der Waals surface area contributed by atoms with Gasteiger partial charge in [0.15, 0.2) is 0 Å². The van der Waals surface area contributed by atoms with Crippen molar-refractivity contribution in [2.45, 2.75) is 26.3 Å². The fourth-order valence-corrected chi connectivity index (χ4v) is 2.36. The van der Waals surface area contributed by atoms with Gasteiger partial charge >= 0.3 is 0 Å². The summed E-state index contributed by atoms with van der Waals surface area (Å²) in [4.78, 5) is 5.02. The van der Waals surface area contributed by atoms with Crippen molar-refractivity contribution in [2.24, 2.45) is 0 Å². The number of anilines is 2. The van der Waals surface area contributed by atoms with E-state index in [-0.39, 0.29) is 0 Å². The number of piperazine rings is 1. The molecule has 1 aliphatic rings. The molecule has 1 fully saturated rings. The summed E-state index contributed by atoms with van der Waals surface area (Å²) in [6, 6.07) is 8.92. The van der Waals surface area contributed by atoms with Crippen LogP contribution in [0.4, 0.5) is 11.4 Å². The van der Waals surface area contributed by atoms with Crippen molar-refractivity contribution in [2.75, 3.05) is 36.8 Å². The van der Waals surface area contributed by atoms with E-state index in [0.717, 1.165) is 18.8 Å². The summed E-state index contributed by atoms with van der Waals surface area (Å²) >= 11 is 0. The van der Waals surface area contributed by atoms with E-state index in [4.69, 9.17) is 5.73 Å². The summed E-state index contributed by atoms with van der Waals surface area (Å²) in [5.74, 6) is 0. The quantitative estimate of drug-likeness (QED) is 0.812. The van der Waals surface area contributed by atoms with Crippen LogP contribution in [0.5, 0.6) is 0 Å². The molecule has 3 nitrogen and oxygen atoms in total. The van der Waals surface area contributed by atoms with Gasteiger partial charge in [0.25, 0.3) is 0 Å². The Morgan fingerprint density at radius 3 is 2.24 bits per heavy atom. The molecule has 94 valence electrons. The van der Waals surface area contributed by atoms with Gasteiger partial charge in [-0.2, -0.15) is 0 Å². The molecular formula is C14H23N3. The summed E-state index contributed by atoms with van der Waals surface area (Å²) in [5, 5.41) is 0. The first-order valence-electron chi connectivity index (χ1n) is 6.55. The van der Waals surface area contributed by atoms with Gasteiger partial charge in [0.2, 0.25) is 0 Å². The highest BCUT2D eigenvalue weighted by molar-refractivity contribution is 5.53. The molecule has 1 heterocycles. The predicted molar refractivity (Wildman–Crippen MR) is 74.4 cm³/mol. The lowest BCUT2D eigenvalue weighted by molar-refractivity contribution is 0.193. The van der Waals surface area contributed by atoms with E-state index in [1.165, 1.54) is 25.2 Å². The Hall–Kier alpha value is -1.22. The van der Waals surface area contributed by atoms with E-state index in [1.54, 1.807) is 0 Å². The minimum Gasteiger partial charge on any atom is -0.399 e. The molecule has 1 saturated heterocycles. The maximum atomic E-state index is 5.71. The Labute approximate surface area is 104 Å². The molecular weight excluding hydrogens is 210 g/mol. The van der Waals surface area contributed by atoms with Crippen molar-refractivity contribution in [3.63, 3.8) is 0 Å². The van der Waals surface area contributed by atoms with Crippen LogP contribution in [-0.2, 0) is 0 Å². The molecule has 3 heteroatoms. The monoisotopic (exact) mass is 233 g/mol. The standard InChI is InChI=1S/C14H23N3/c1-3-12(2)16-8-10-17(11-9-16)14-6-4-13(15)5-7-14/h4-7,12H,3,8-11,15H2,1-2H3. The van der Waals surface area contributed by atoms with Crippen molar-refractivity contribution >= 4 is 11.4 Å². The van der Waals surface area contributed by atoms with Gasteiger partial charge in [-0.25, -0.2) is 0 Å². The summed E-state index contributed by atoms with van der Waals surface area (Å²) < 4.78 is 0. The van der Waals surface area contributed by atoms with E-state index in [2.05, 4.69) is 35.8 Å². The maximum Gasteiger partial charge on any atom is 0.0368 e. The first kappa shape index (κ1) is 12.2. The largest absolute Gasteiger partial charge is 0.399 e. The third-order valence-corrected chi connectivity index (χ3v) is 3.79. The SMILES string of the molecule is CCC(C)N1CCN(c2ccc(N)cc2)CC1. The van der Waals surface area contributed by atoms with Crippen LogP contribution < -0.4 is 10.6 Å². The van der Waals surface area contributed by atoms with Gasteiger partial charge in [0, 0.05) is 43.6 Å². The van der Waals surface area contributed by atoms with E-state index >= 15 is 0 Å². The average Bonchev–Trinajstić information content (AvgIpc) is 2.39. The van der Waals surface area contributed by atoms with Crippen molar-refractivity contribution in [3.8, 4) is 0 Å². The summed E-state index contributed by atoms with van der Waals surface area (Å²) in [7, 11) is 0. The zero-order valence-corrected chi connectivity index (χ0v) is 10.9. The lowest BCUT2D eigenvalue weighted by Gasteiger charge is -2.39. The Bertz CT molecular complexity index is 339. The topological polar surface area (TPSA) is 32.5 Å². The second kappa shape index (κ2) is 5.41. The van der Waals surface area contributed by atoms with Gasteiger partial charge in [-0.05, 0) is 37.6 Å². The molecule has 2 rings (SSSR count). The summed E-state index contributed by atoms with van der Waals surface area (Å²) in [6.07, 6.45) is 1.24. The molecule has 0 amide bonds. The Morgan fingerprint density at radius 2 is 1.71 bits per heavy atom. The zero-order chi connectivity index (χ0) is 12.3. The lowest BCUT2D eigenvalue weighted by Crippen LogP contribution is -2.49. The minimum absolute atomic E-state index is 0.712. The van der Waals surface area contributed by atoms with Crippen molar-refractivity contribution in [3.05, 3.63) is 24.3 Å². The number of nitrogens with two attached hydrogens (primary N) is 1. The van der Waals surface area contributed by atoms with Gasteiger partial charge in [-0.15, -0.1) is 0 Å². The average molecular weight is 233 g/mol. The predicted octanol–water partition coefficient (Wildman–Crippen LogP) is 2.19. The minimum atomic E-state index is 0.712. The molecule has 0 bridgehead atoms. The highest BCUT2D eigenvalue weighted by Crippen LogP contribution is 2.19. The fraction of sp³-hybridized carbons (Fsp3) is 0.571. The van der Waals surface area contributed by atoms with Crippen LogP contribution in [0.25, 0.3) is 0 Å². The van der Waals surface area contributed by atoms with Gasteiger partial charge < -0.3 is 10.6 Å². The lowest BCUT2D eigenvalue weighted by atomic mass is 10.1. The molecule has 0 saturated carbocycles. The van der Waals surface area contributed by atoms with Crippen molar-refractivity contribution < 1.29 is 0 Å². The van der Waals surface area contributed by atoms with Crippen LogP contribution in [-0.4, -0.2) is 37.1 Å². The molecule has 2 N–H and O–H groups in total. The first-order chi connectivity index (χ1) is 8.20. The third kappa shape index (κ3) is 2.91. The van der Waals surface area contributed by atoms with Gasteiger partial charge in [0.05, 0.1) is 0 Å². The Morgan fingerprint density at radius 1 is 1.12 bits per heavy atom. The fourth-order valence-electron chi connectivity index (χ4n) is 2.36. The van der Waals surface area contributed by atoms with E-state index in [9.17, 15) is 0 Å².